The van der Waals surface area contributed by atoms with Crippen molar-refractivity contribution in [3.8, 4) is 5.75 Å². The highest BCUT2D eigenvalue weighted by molar-refractivity contribution is 5.71. The summed E-state index contributed by atoms with van der Waals surface area (Å²) < 4.78 is 5.55. The molecule has 0 amide bonds. The number of aryl methyl sites for hydroxylation is 2. The van der Waals surface area contributed by atoms with Gasteiger partial charge in [0.15, 0.2) is 0 Å². The zero-order valence-electron chi connectivity index (χ0n) is 11.5. The molecular formula is C15H20O3. The van der Waals surface area contributed by atoms with Crippen molar-refractivity contribution in [2.75, 3.05) is 7.11 Å². The lowest BCUT2D eigenvalue weighted by atomic mass is 9.85. The quantitative estimate of drug-likeness (QED) is 0.890. The Balaban J connectivity index is 2.57. The Morgan fingerprint density at radius 1 is 1.33 bits per heavy atom. The Morgan fingerprint density at radius 3 is 2.39 bits per heavy atom. The van der Waals surface area contributed by atoms with Gasteiger partial charge in [-0.15, -0.1) is 0 Å². The predicted molar refractivity (Wildman–Crippen MR) is 70.4 cm³/mol. The topological polar surface area (TPSA) is 46.5 Å². The van der Waals surface area contributed by atoms with E-state index in [4.69, 9.17) is 9.84 Å². The molecule has 0 aromatic heterocycles. The van der Waals surface area contributed by atoms with E-state index in [2.05, 4.69) is 13.0 Å². The van der Waals surface area contributed by atoms with Crippen LogP contribution in [0.4, 0.5) is 0 Å². The first kappa shape index (κ1) is 12.9. The molecule has 0 aliphatic heterocycles. The van der Waals surface area contributed by atoms with Crippen molar-refractivity contribution >= 4 is 5.97 Å². The fourth-order valence-corrected chi connectivity index (χ4v) is 2.92. The molecule has 2 rings (SSSR count). The van der Waals surface area contributed by atoms with Crippen LogP contribution in [-0.4, -0.2) is 18.2 Å². The predicted octanol–water partition coefficient (Wildman–Crippen LogP) is 3.13. The second-order valence-electron chi connectivity index (χ2n) is 5.39. The molecule has 0 spiro atoms. The lowest BCUT2D eigenvalue weighted by Gasteiger charge is -2.22. The molecule has 3 nitrogen and oxygen atoms in total. The van der Waals surface area contributed by atoms with Crippen molar-refractivity contribution in [3.63, 3.8) is 0 Å². The van der Waals surface area contributed by atoms with Gasteiger partial charge in [0.05, 0.1) is 13.5 Å². The highest BCUT2D eigenvalue weighted by Gasteiger charge is 2.48. The maximum absolute atomic E-state index is 11.1. The number of aliphatic carboxylic acids is 1. The Hall–Kier alpha value is -1.51. The van der Waals surface area contributed by atoms with Gasteiger partial charge >= 0.3 is 5.97 Å². The van der Waals surface area contributed by atoms with E-state index < -0.39 is 5.97 Å². The monoisotopic (exact) mass is 248 g/mol. The van der Waals surface area contributed by atoms with Gasteiger partial charge in [-0.05, 0) is 50.3 Å². The summed E-state index contributed by atoms with van der Waals surface area (Å²) in [6.07, 6.45) is 2.09. The van der Waals surface area contributed by atoms with Crippen LogP contribution in [0.1, 0.15) is 41.5 Å². The number of carboxylic acids is 1. The Kier molecular flexibility index (Phi) is 3.09. The summed E-state index contributed by atoms with van der Waals surface area (Å²) in [6, 6.07) is 2.13. The van der Waals surface area contributed by atoms with E-state index >= 15 is 0 Å². The van der Waals surface area contributed by atoms with Crippen LogP contribution < -0.4 is 4.74 Å². The number of carbonyl (C=O) groups is 1. The minimum Gasteiger partial charge on any atom is -0.496 e. The van der Waals surface area contributed by atoms with Crippen molar-refractivity contribution in [3.05, 3.63) is 28.3 Å². The zero-order chi connectivity index (χ0) is 13.5. The summed E-state index contributed by atoms with van der Waals surface area (Å²) in [4.78, 5) is 11.1. The van der Waals surface area contributed by atoms with Gasteiger partial charge in [-0.2, -0.15) is 0 Å². The van der Waals surface area contributed by atoms with Crippen LogP contribution in [-0.2, 0) is 10.2 Å². The summed E-state index contributed by atoms with van der Waals surface area (Å²) in [6.45, 7) is 6.14. The molecule has 18 heavy (non-hydrogen) atoms. The number of ether oxygens (including phenoxy) is 1. The van der Waals surface area contributed by atoms with E-state index in [1.54, 1.807) is 7.11 Å². The van der Waals surface area contributed by atoms with E-state index in [1.165, 1.54) is 5.56 Å². The molecule has 1 fully saturated rings. The lowest BCUT2D eigenvalue weighted by Crippen LogP contribution is -2.16. The molecule has 1 N–H and O–H groups in total. The van der Waals surface area contributed by atoms with Gasteiger partial charge in [0.1, 0.15) is 5.75 Å². The van der Waals surface area contributed by atoms with E-state index in [0.717, 1.165) is 35.3 Å². The SMILES string of the molecule is COc1c(C)c(C)cc(C)c1C1(CC(=O)O)CC1. The Labute approximate surface area is 108 Å². The lowest BCUT2D eigenvalue weighted by molar-refractivity contribution is -0.137. The smallest absolute Gasteiger partial charge is 0.304 e. The highest BCUT2D eigenvalue weighted by Crippen LogP contribution is 2.55. The summed E-state index contributed by atoms with van der Waals surface area (Å²) in [7, 11) is 1.67. The maximum Gasteiger partial charge on any atom is 0.304 e. The number of hydrogen-bond donors (Lipinski definition) is 1. The minimum atomic E-state index is -0.729. The van der Waals surface area contributed by atoms with Gasteiger partial charge in [0.25, 0.3) is 0 Å². The number of carboxylic acid groups (broad SMARTS) is 1. The summed E-state index contributed by atoms with van der Waals surface area (Å²) in [5, 5.41) is 9.09. The fourth-order valence-electron chi connectivity index (χ4n) is 2.92. The van der Waals surface area contributed by atoms with Crippen molar-refractivity contribution in [1.29, 1.82) is 0 Å². The van der Waals surface area contributed by atoms with Gasteiger partial charge in [0.2, 0.25) is 0 Å². The molecule has 1 aliphatic rings. The highest BCUT2D eigenvalue weighted by atomic mass is 16.5. The minimum absolute atomic E-state index is 0.195. The molecule has 0 radical (unpaired) electrons. The molecule has 0 atom stereocenters. The van der Waals surface area contributed by atoms with E-state index in [1.807, 2.05) is 13.8 Å². The molecule has 1 aromatic rings. The Bertz CT molecular complexity index is 499. The average Bonchev–Trinajstić information content (AvgIpc) is 3.02. The first-order valence-electron chi connectivity index (χ1n) is 6.28. The summed E-state index contributed by atoms with van der Waals surface area (Å²) in [5.41, 5.74) is 4.37. The fraction of sp³-hybridized carbons (Fsp3) is 0.533. The molecule has 1 aromatic carbocycles. The number of hydrogen-bond acceptors (Lipinski definition) is 2. The van der Waals surface area contributed by atoms with E-state index in [9.17, 15) is 4.79 Å². The van der Waals surface area contributed by atoms with Crippen molar-refractivity contribution in [2.24, 2.45) is 0 Å². The molecule has 0 saturated heterocycles. The van der Waals surface area contributed by atoms with Gasteiger partial charge < -0.3 is 9.84 Å². The van der Waals surface area contributed by atoms with Gasteiger partial charge in [-0.3, -0.25) is 4.79 Å². The maximum atomic E-state index is 11.1. The molecule has 1 saturated carbocycles. The number of methoxy groups -OCH3 is 1. The Morgan fingerprint density at radius 2 is 1.94 bits per heavy atom. The molecule has 0 unspecified atom stereocenters. The zero-order valence-corrected chi connectivity index (χ0v) is 11.5. The number of rotatable bonds is 4. The van der Waals surface area contributed by atoms with Crippen LogP contribution in [0.3, 0.4) is 0 Å². The average molecular weight is 248 g/mol. The largest absolute Gasteiger partial charge is 0.496 e. The first-order valence-corrected chi connectivity index (χ1v) is 6.28. The molecule has 1 aliphatic carbocycles. The van der Waals surface area contributed by atoms with Crippen molar-refractivity contribution < 1.29 is 14.6 Å². The van der Waals surface area contributed by atoms with Crippen molar-refractivity contribution in [2.45, 2.75) is 45.4 Å². The van der Waals surface area contributed by atoms with Crippen LogP contribution in [0.5, 0.6) is 5.75 Å². The van der Waals surface area contributed by atoms with Crippen LogP contribution in [0.2, 0.25) is 0 Å². The number of benzene rings is 1. The first-order chi connectivity index (χ1) is 8.41. The van der Waals surface area contributed by atoms with Crippen molar-refractivity contribution in [1.82, 2.24) is 0 Å². The third-order valence-corrected chi connectivity index (χ3v) is 4.06. The van der Waals surface area contributed by atoms with Gasteiger partial charge in [-0.1, -0.05) is 6.07 Å². The standard InChI is InChI=1S/C15H20O3/c1-9-7-10(2)13(14(18-4)11(9)3)15(5-6-15)8-12(16)17/h7H,5-6,8H2,1-4H3,(H,16,17). The van der Waals surface area contributed by atoms with Crippen LogP contribution in [0.25, 0.3) is 0 Å². The van der Waals surface area contributed by atoms with Gasteiger partial charge in [-0.25, -0.2) is 0 Å². The van der Waals surface area contributed by atoms with E-state index in [0.29, 0.717) is 0 Å². The third kappa shape index (κ3) is 1.98. The third-order valence-electron chi connectivity index (χ3n) is 4.06. The molecular weight excluding hydrogens is 228 g/mol. The molecule has 3 heteroatoms. The second-order valence-corrected chi connectivity index (χ2v) is 5.39. The van der Waals surface area contributed by atoms with E-state index in [-0.39, 0.29) is 11.8 Å². The van der Waals surface area contributed by atoms with Crippen LogP contribution in [0.15, 0.2) is 6.07 Å². The molecule has 98 valence electrons. The molecule has 0 heterocycles. The summed E-state index contributed by atoms with van der Waals surface area (Å²) in [5.74, 6) is 0.151. The van der Waals surface area contributed by atoms with Crippen LogP contribution >= 0.6 is 0 Å². The normalized spacial score (nSPS) is 16.4. The molecule has 0 bridgehead atoms. The summed E-state index contributed by atoms with van der Waals surface area (Å²) >= 11 is 0. The van der Waals surface area contributed by atoms with Crippen LogP contribution in [0, 0.1) is 20.8 Å². The second kappa shape index (κ2) is 4.30. The van der Waals surface area contributed by atoms with Gasteiger partial charge in [0, 0.05) is 11.0 Å².